The van der Waals surface area contributed by atoms with Crippen LogP contribution in [0, 0.1) is 0 Å². The molecule has 0 radical (unpaired) electrons. The SMILES string of the molecule is O=c1c(C([O-])=NCc2ccccc2)n[nH]n1/N=C/c1ccccc1. The van der Waals surface area contributed by atoms with E-state index in [0.29, 0.717) is 0 Å². The molecule has 1 heterocycles. The highest BCUT2D eigenvalue weighted by Gasteiger charge is 2.07. The summed E-state index contributed by atoms with van der Waals surface area (Å²) in [6.45, 7) is 0.194. The molecule has 3 rings (SSSR count). The van der Waals surface area contributed by atoms with Gasteiger partial charge in [-0.1, -0.05) is 60.7 Å². The van der Waals surface area contributed by atoms with E-state index in [0.717, 1.165) is 15.9 Å². The Morgan fingerprint density at radius 2 is 1.79 bits per heavy atom. The highest BCUT2D eigenvalue weighted by molar-refractivity contribution is 5.88. The molecule has 0 saturated carbocycles. The fraction of sp³-hybridized carbons (Fsp3) is 0.0588. The molecule has 0 aliphatic heterocycles. The number of hydrogen-bond acceptors (Lipinski definition) is 5. The second kappa shape index (κ2) is 7.19. The molecule has 0 saturated heterocycles. The number of nitrogens with one attached hydrogen (secondary N) is 1. The van der Waals surface area contributed by atoms with Gasteiger partial charge in [-0.15, -0.1) is 4.79 Å². The van der Waals surface area contributed by atoms with Crippen molar-refractivity contribution in [3.63, 3.8) is 0 Å². The van der Waals surface area contributed by atoms with Crippen molar-refractivity contribution in [3.8, 4) is 0 Å². The number of nitrogens with zero attached hydrogens (tertiary/aromatic N) is 4. The molecule has 2 aromatic carbocycles. The lowest BCUT2D eigenvalue weighted by Gasteiger charge is -2.05. The van der Waals surface area contributed by atoms with Gasteiger partial charge in [0.15, 0.2) is 5.69 Å². The Hall–Kier alpha value is -3.48. The van der Waals surface area contributed by atoms with E-state index in [1.54, 1.807) is 0 Å². The first-order chi connectivity index (χ1) is 11.7. The smallest absolute Gasteiger partial charge is 0.316 e. The van der Waals surface area contributed by atoms with E-state index >= 15 is 0 Å². The molecule has 1 aromatic heterocycles. The van der Waals surface area contributed by atoms with Gasteiger partial charge >= 0.3 is 5.56 Å². The van der Waals surface area contributed by atoms with Gasteiger partial charge in [0.25, 0.3) is 0 Å². The first-order valence-corrected chi connectivity index (χ1v) is 7.26. The molecule has 0 fully saturated rings. The number of aromatic nitrogens is 3. The van der Waals surface area contributed by atoms with Crippen LogP contribution in [0.5, 0.6) is 0 Å². The zero-order chi connectivity index (χ0) is 16.8. The lowest BCUT2D eigenvalue weighted by molar-refractivity contribution is -0.213. The van der Waals surface area contributed by atoms with Crippen molar-refractivity contribution in [1.29, 1.82) is 0 Å². The van der Waals surface area contributed by atoms with Crippen molar-refractivity contribution in [1.82, 2.24) is 15.1 Å². The number of benzene rings is 2. The predicted molar refractivity (Wildman–Crippen MR) is 89.0 cm³/mol. The molecule has 0 atom stereocenters. The normalized spacial score (nSPS) is 11.9. The summed E-state index contributed by atoms with van der Waals surface area (Å²) < 4.78 is 0. The largest absolute Gasteiger partial charge is 0.857 e. The summed E-state index contributed by atoms with van der Waals surface area (Å²) in [5, 5.41) is 22.1. The van der Waals surface area contributed by atoms with Crippen molar-refractivity contribution in [2.24, 2.45) is 10.1 Å². The van der Waals surface area contributed by atoms with Gasteiger partial charge in [0.1, 0.15) is 0 Å². The molecule has 7 nitrogen and oxygen atoms in total. The fourth-order valence-electron chi connectivity index (χ4n) is 1.99. The zero-order valence-electron chi connectivity index (χ0n) is 12.7. The number of hydrogen-bond donors (Lipinski definition) is 1. The van der Waals surface area contributed by atoms with E-state index in [9.17, 15) is 9.90 Å². The van der Waals surface area contributed by atoms with Gasteiger partial charge in [0, 0.05) is 5.90 Å². The summed E-state index contributed by atoms with van der Waals surface area (Å²) in [6, 6.07) is 18.6. The zero-order valence-corrected chi connectivity index (χ0v) is 12.7. The highest BCUT2D eigenvalue weighted by Crippen LogP contribution is 2.00. The van der Waals surface area contributed by atoms with Crippen LogP contribution >= 0.6 is 0 Å². The van der Waals surface area contributed by atoms with Crippen molar-refractivity contribution < 1.29 is 5.11 Å². The van der Waals surface area contributed by atoms with Crippen LogP contribution in [-0.4, -0.2) is 27.2 Å². The minimum atomic E-state index is -0.672. The third kappa shape index (κ3) is 3.64. The standard InChI is InChI=1S/C17H15N5O2/c23-16(18-11-13-7-3-1-4-8-13)15-17(24)22(21-20-15)19-12-14-9-5-2-6-10-14/h1-10,12,21H,11H2,(H,18,23)/p-1/b19-12+. The second-order valence-electron chi connectivity index (χ2n) is 4.94. The number of aromatic amines is 1. The molecule has 0 aliphatic carbocycles. The van der Waals surface area contributed by atoms with Gasteiger partial charge in [-0.3, -0.25) is 9.79 Å². The lowest BCUT2D eigenvalue weighted by atomic mass is 10.2. The Bertz CT molecular complexity index is 911. The molecule has 24 heavy (non-hydrogen) atoms. The van der Waals surface area contributed by atoms with E-state index in [2.05, 4.69) is 20.4 Å². The van der Waals surface area contributed by atoms with Gasteiger partial charge in [-0.2, -0.15) is 15.4 Å². The minimum Gasteiger partial charge on any atom is -0.857 e. The number of rotatable bonds is 5. The lowest BCUT2D eigenvalue weighted by Crippen LogP contribution is -2.28. The van der Waals surface area contributed by atoms with Gasteiger partial charge < -0.3 is 5.11 Å². The third-order valence-electron chi connectivity index (χ3n) is 3.22. The summed E-state index contributed by atoms with van der Waals surface area (Å²) in [6.07, 6.45) is 1.49. The minimum absolute atomic E-state index is 0.194. The molecule has 120 valence electrons. The van der Waals surface area contributed by atoms with E-state index in [4.69, 9.17) is 0 Å². The second-order valence-corrected chi connectivity index (χ2v) is 4.94. The average Bonchev–Trinajstić information content (AvgIpc) is 3.00. The van der Waals surface area contributed by atoms with Crippen molar-refractivity contribution in [3.05, 3.63) is 87.8 Å². The van der Waals surface area contributed by atoms with Crippen LogP contribution in [0.3, 0.4) is 0 Å². The third-order valence-corrected chi connectivity index (χ3v) is 3.22. The quantitative estimate of drug-likeness (QED) is 0.555. The first-order valence-electron chi connectivity index (χ1n) is 7.26. The number of H-pyrrole nitrogens is 1. The summed E-state index contributed by atoms with van der Waals surface area (Å²) in [4.78, 5) is 16.9. The van der Waals surface area contributed by atoms with Crippen molar-refractivity contribution >= 4 is 12.1 Å². The van der Waals surface area contributed by atoms with E-state index < -0.39 is 11.5 Å². The Morgan fingerprint density at radius 3 is 2.50 bits per heavy atom. The molecule has 0 amide bonds. The van der Waals surface area contributed by atoms with Gasteiger partial charge in [-0.25, -0.2) is 0 Å². The van der Waals surface area contributed by atoms with Crippen LogP contribution in [0.25, 0.3) is 0 Å². The first kappa shape index (κ1) is 15.4. The monoisotopic (exact) mass is 320 g/mol. The number of aliphatic imine (C=N–C) groups is 1. The highest BCUT2D eigenvalue weighted by atomic mass is 16.3. The Morgan fingerprint density at radius 1 is 1.12 bits per heavy atom. The van der Waals surface area contributed by atoms with Gasteiger partial charge in [-0.05, 0) is 11.1 Å². The average molecular weight is 320 g/mol. The van der Waals surface area contributed by atoms with Crippen LogP contribution in [0.4, 0.5) is 0 Å². The molecular formula is C17H14N5O2-. The van der Waals surface area contributed by atoms with Crippen LogP contribution in [0.2, 0.25) is 0 Å². The van der Waals surface area contributed by atoms with Crippen LogP contribution in [-0.2, 0) is 6.54 Å². The summed E-state index contributed by atoms with van der Waals surface area (Å²) in [7, 11) is 0. The summed E-state index contributed by atoms with van der Waals surface area (Å²) in [5.74, 6) is -0.672. The molecule has 0 aliphatic rings. The Kier molecular flexibility index (Phi) is 4.62. The molecule has 3 aromatic rings. The fourth-order valence-corrected chi connectivity index (χ4v) is 1.99. The predicted octanol–water partition coefficient (Wildman–Crippen LogP) is 0.761. The van der Waals surface area contributed by atoms with E-state index in [1.807, 2.05) is 60.7 Å². The molecule has 1 N–H and O–H groups in total. The van der Waals surface area contributed by atoms with Crippen LogP contribution in [0.1, 0.15) is 16.8 Å². The maximum absolute atomic E-state index is 12.1. The van der Waals surface area contributed by atoms with E-state index in [1.165, 1.54) is 6.21 Å². The maximum atomic E-state index is 12.1. The Labute approximate surface area is 137 Å². The molecular weight excluding hydrogens is 306 g/mol. The van der Waals surface area contributed by atoms with Crippen LogP contribution in [0.15, 0.2) is 75.6 Å². The van der Waals surface area contributed by atoms with Gasteiger partial charge in [0.2, 0.25) is 0 Å². The molecule has 7 heteroatoms. The van der Waals surface area contributed by atoms with Gasteiger partial charge in [0.05, 0.1) is 12.8 Å². The van der Waals surface area contributed by atoms with Crippen molar-refractivity contribution in [2.75, 3.05) is 0 Å². The van der Waals surface area contributed by atoms with Crippen molar-refractivity contribution in [2.45, 2.75) is 6.54 Å². The Balaban J connectivity index is 1.77. The molecule has 0 unspecified atom stereocenters. The summed E-state index contributed by atoms with van der Waals surface area (Å²) in [5.41, 5.74) is 0.782. The van der Waals surface area contributed by atoms with E-state index in [-0.39, 0.29) is 12.2 Å². The molecule has 0 spiro atoms. The summed E-state index contributed by atoms with van der Waals surface area (Å²) >= 11 is 0. The maximum Gasteiger partial charge on any atom is 0.316 e. The van der Waals surface area contributed by atoms with Crippen LogP contribution < -0.4 is 10.7 Å². The topological polar surface area (TPSA) is 98.5 Å². The molecule has 0 bridgehead atoms.